The monoisotopic (exact) mass is 293 g/mol. The maximum absolute atomic E-state index is 9.74. The zero-order valence-electron chi connectivity index (χ0n) is 12.9. The third-order valence-corrected chi connectivity index (χ3v) is 4.19. The summed E-state index contributed by atoms with van der Waals surface area (Å²) in [5.41, 5.74) is 5.73. The molecule has 0 unspecified atom stereocenters. The Morgan fingerprint density at radius 2 is 1.86 bits per heavy atom. The molecule has 2 rings (SSSR count). The summed E-state index contributed by atoms with van der Waals surface area (Å²) in [5, 5.41) is 16.3. The number of hydrogen-bond acceptors (Lipinski definition) is 6. The van der Waals surface area contributed by atoms with Crippen LogP contribution in [0.1, 0.15) is 45.4 Å². The van der Waals surface area contributed by atoms with Gasteiger partial charge in [0.1, 0.15) is 11.6 Å². The SMILES string of the molecule is CCCNc1cc(NCC2(CO)CCCCC2)nc(N)n1. The van der Waals surface area contributed by atoms with E-state index >= 15 is 0 Å². The molecule has 6 heteroatoms. The first-order chi connectivity index (χ1) is 10.2. The van der Waals surface area contributed by atoms with Crippen molar-refractivity contribution in [3.63, 3.8) is 0 Å². The highest BCUT2D eigenvalue weighted by atomic mass is 16.3. The molecule has 5 N–H and O–H groups in total. The van der Waals surface area contributed by atoms with Crippen LogP contribution in [0.3, 0.4) is 0 Å². The topological polar surface area (TPSA) is 96.1 Å². The molecule has 1 heterocycles. The number of hydrogen-bond donors (Lipinski definition) is 4. The number of aliphatic hydroxyl groups is 1. The highest BCUT2D eigenvalue weighted by Gasteiger charge is 2.31. The van der Waals surface area contributed by atoms with Crippen molar-refractivity contribution in [3.8, 4) is 0 Å². The number of aromatic nitrogens is 2. The first-order valence-electron chi connectivity index (χ1n) is 7.91. The van der Waals surface area contributed by atoms with E-state index in [9.17, 15) is 5.11 Å². The fraction of sp³-hybridized carbons (Fsp3) is 0.733. The number of nitrogens with two attached hydrogens (primary N) is 1. The van der Waals surface area contributed by atoms with Crippen LogP contribution in [0.15, 0.2) is 6.07 Å². The van der Waals surface area contributed by atoms with E-state index < -0.39 is 0 Å². The first-order valence-corrected chi connectivity index (χ1v) is 7.91. The van der Waals surface area contributed by atoms with Crippen LogP contribution in [0, 0.1) is 5.41 Å². The number of nitrogens with zero attached hydrogens (tertiary/aromatic N) is 2. The smallest absolute Gasteiger partial charge is 0.223 e. The van der Waals surface area contributed by atoms with Crippen molar-refractivity contribution in [1.29, 1.82) is 0 Å². The van der Waals surface area contributed by atoms with Gasteiger partial charge in [-0.05, 0) is 19.3 Å². The predicted octanol–water partition coefficient (Wildman–Crippen LogP) is 2.24. The summed E-state index contributed by atoms with van der Waals surface area (Å²) in [6.45, 7) is 3.91. The second-order valence-corrected chi connectivity index (χ2v) is 6.00. The summed E-state index contributed by atoms with van der Waals surface area (Å²) in [7, 11) is 0. The number of anilines is 3. The zero-order chi connectivity index (χ0) is 15.1. The Balaban J connectivity index is 1.99. The summed E-state index contributed by atoms with van der Waals surface area (Å²) in [6.07, 6.45) is 6.82. The van der Waals surface area contributed by atoms with Gasteiger partial charge in [0.2, 0.25) is 5.95 Å². The quantitative estimate of drug-likeness (QED) is 0.616. The van der Waals surface area contributed by atoms with Gasteiger partial charge in [-0.2, -0.15) is 9.97 Å². The highest BCUT2D eigenvalue weighted by molar-refractivity contribution is 5.51. The molecule has 1 saturated carbocycles. The minimum atomic E-state index is -0.0189. The molecule has 0 saturated heterocycles. The molecule has 21 heavy (non-hydrogen) atoms. The molecule has 0 atom stereocenters. The molecule has 6 nitrogen and oxygen atoms in total. The summed E-state index contributed by atoms with van der Waals surface area (Å²) in [5.74, 6) is 1.73. The first kappa shape index (κ1) is 15.8. The number of nitrogen functional groups attached to an aromatic ring is 1. The molecule has 1 aliphatic carbocycles. The molecule has 0 spiro atoms. The Morgan fingerprint density at radius 3 is 2.48 bits per heavy atom. The lowest BCUT2D eigenvalue weighted by molar-refractivity contribution is 0.0943. The third kappa shape index (κ3) is 4.46. The van der Waals surface area contributed by atoms with Gasteiger partial charge >= 0.3 is 0 Å². The Morgan fingerprint density at radius 1 is 1.19 bits per heavy atom. The Labute approximate surface area is 126 Å². The van der Waals surface area contributed by atoms with Gasteiger partial charge in [-0.1, -0.05) is 26.2 Å². The van der Waals surface area contributed by atoms with Crippen LogP contribution in [0.25, 0.3) is 0 Å². The predicted molar refractivity (Wildman–Crippen MR) is 86.3 cm³/mol. The Hall–Kier alpha value is -1.56. The lowest BCUT2D eigenvalue weighted by atomic mass is 9.74. The van der Waals surface area contributed by atoms with Crippen LogP contribution in [0.4, 0.5) is 17.6 Å². The fourth-order valence-corrected chi connectivity index (χ4v) is 2.87. The fourth-order valence-electron chi connectivity index (χ4n) is 2.87. The van der Waals surface area contributed by atoms with E-state index in [1.54, 1.807) is 0 Å². The molecule has 118 valence electrons. The molecule has 0 aliphatic heterocycles. The molecule has 1 aromatic heterocycles. The van der Waals surface area contributed by atoms with E-state index in [-0.39, 0.29) is 18.0 Å². The van der Waals surface area contributed by atoms with Crippen molar-refractivity contribution in [2.24, 2.45) is 5.41 Å². The van der Waals surface area contributed by atoms with Crippen molar-refractivity contribution >= 4 is 17.6 Å². The summed E-state index contributed by atoms with van der Waals surface area (Å²) >= 11 is 0. The third-order valence-electron chi connectivity index (χ3n) is 4.19. The largest absolute Gasteiger partial charge is 0.396 e. The van der Waals surface area contributed by atoms with Gasteiger partial charge in [0, 0.05) is 24.6 Å². The van der Waals surface area contributed by atoms with Crippen LogP contribution in [0.5, 0.6) is 0 Å². The average Bonchev–Trinajstić information content (AvgIpc) is 2.51. The minimum Gasteiger partial charge on any atom is -0.396 e. The number of nitrogens with one attached hydrogen (secondary N) is 2. The maximum Gasteiger partial charge on any atom is 0.223 e. The molecule has 0 radical (unpaired) electrons. The Bertz CT molecular complexity index is 446. The van der Waals surface area contributed by atoms with Crippen LogP contribution in [0.2, 0.25) is 0 Å². The van der Waals surface area contributed by atoms with Crippen molar-refractivity contribution in [2.45, 2.75) is 45.4 Å². The van der Waals surface area contributed by atoms with E-state index in [1.165, 1.54) is 19.3 Å². The molecule has 0 bridgehead atoms. The molecule has 1 fully saturated rings. The molecule has 0 amide bonds. The Kier molecular flexibility index (Phi) is 5.61. The van der Waals surface area contributed by atoms with E-state index in [0.29, 0.717) is 0 Å². The molecule has 1 aliphatic rings. The van der Waals surface area contributed by atoms with Crippen molar-refractivity contribution < 1.29 is 5.11 Å². The maximum atomic E-state index is 9.74. The molecule has 0 aromatic carbocycles. The van der Waals surface area contributed by atoms with E-state index in [4.69, 9.17) is 5.73 Å². The number of aliphatic hydroxyl groups excluding tert-OH is 1. The minimum absolute atomic E-state index is 0.0189. The molecule has 1 aromatic rings. The van der Waals surface area contributed by atoms with Crippen molar-refractivity contribution in [1.82, 2.24) is 9.97 Å². The van der Waals surface area contributed by atoms with Crippen LogP contribution >= 0.6 is 0 Å². The van der Waals surface area contributed by atoms with Gasteiger partial charge in [-0.25, -0.2) is 0 Å². The van der Waals surface area contributed by atoms with Gasteiger partial charge in [0.05, 0.1) is 6.61 Å². The lowest BCUT2D eigenvalue weighted by Crippen LogP contribution is -2.35. The normalized spacial score (nSPS) is 17.4. The number of rotatable bonds is 7. The van der Waals surface area contributed by atoms with Crippen LogP contribution < -0.4 is 16.4 Å². The summed E-state index contributed by atoms with van der Waals surface area (Å²) < 4.78 is 0. The van der Waals surface area contributed by atoms with Crippen LogP contribution in [-0.2, 0) is 0 Å². The lowest BCUT2D eigenvalue weighted by Gasteiger charge is -2.35. The van der Waals surface area contributed by atoms with Gasteiger partial charge in [0.15, 0.2) is 0 Å². The van der Waals surface area contributed by atoms with E-state index in [2.05, 4.69) is 27.5 Å². The summed E-state index contributed by atoms with van der Waals surface area (Å²) in [6, 6.07) is 1.87. The van der Waals surface area contributed by atoms with Crippen molar-refractivity contribution in [2.75, 3.05) is 36.1 Å². The van der Waals surface area contributed by atoms with Crippen LogP contribution in [-0.4, -0.2) is 34.8 Å². The standard InChI is InChI=1S/C15H27N5O/c1-2-8-17-12-9-13(20-14(16)19-12)18-10-15(11-21)6-4-3-5-7-15/h9,21H,2-8,10-11H2,1H3,(H4,16,17,18,19,20). The highest BCUT2D eigenvalue weighted by Crippen LogP contribution is 2.36. The van der Waals surface area contributed by atoms with Gasteiger partial charge in [-0.3, -0.25) is 0 Å². The zero-order valence-corrected chi connectivity index (χ0v) is 12.9. The summed E-state index contributed by atoms with van der Waals surface area (Å²) in [4.78, 5) is 8.40. The molecular formula is C15H27N5O. The van der Waals surface area contributed by atoms with Gasteiger partial charge in [0.25, 0.3) is 0 Å². The second-order valence-electron chi connectivity index (χ2n) is 6.00. The van der Waals surface area contributed by atoms with E-state index in [0.717, 1.165) is 44.0 Å². The average molecular weight is 293 g/mol. The van der Waals surface area contributed by atoms with Gasteiger partial charge in [-0.15, -0.1) is 0 Å². The second kappa shape index (κ2) is 7.45. The van der Waals surface area contributed by atoms with E-state index in [1.807, 2.05) is 6.07 Å². The van der Waals surface area contributed by atoms with Crippen molar-refractivity contribution in [3.05, 3.63) is 6.07 Å². The molecular weight excluding hydrogens is 266 g/mol. The van der Waals surface area contributed by atoms with Gasteiger partial charge < -0.3 is 21.5 Å².